The van der Waals surface area contributed by atoms with Crippen molar-refractivity contribution in [2.75, 3.05) is 0 Å². The first kappa shape index (κ1) is 12.4. The van der Waals surface area contributed by atoms with E-state index in [2.05, 4.69) is 90.2 Å². The Morgan fingerprint density at radius 1 is 0.941 bits per heavy atom. The predicted octanol–water partition coefficient (Wildman–Crippen LogP) is 5.27. The lowest BCUT2D eigenvalue weighted by Crippen LogP contribution is -1.89. The van der Waals surface area contributed by atoms with Crippen LogP contribution in [-0.2, 0) is 0 Å². The molecule has 2 aromatic carbocycles. The molecule has 1 heteroatoms. The third kappa shape index (κ3) is 3.43. The summed E-state index contributed by atoms with van der Waals surface area (Å²) in [4.78, 5) is 0. The Balaban J connectivity index is 2.20. The van der Waals surface area contributed by atoms with Gasteiger partial charge < -0.3 is 0 Å². The van der Waals surface area contributed by atoms with Crippen molar-refractivity contribution in [3.63, 3.8) is 0 Å². The van der Waals surface area contributed by atoms with E-state index in [0.717, 1.165) is 0 Å². The second-order valence-electron chi connectivity index (χ2n) is 4.08. The first-order chi connectivity index (χ1) is 8.27. The maximum absolute atomic E-state index is 2.41. The van der Waals surface area contributed by atoms with Crippen molar-refractivity contribution in [3.8, 4) is 0 Å². The Bertz CT molecular complexity index is 485. The Kier molecular flexibility index (Phi) is 4.37. The summed E-state index contributed by atoms with van der Waals surface area (Å²) in [5, 5.41) is 0. The number of halogens is 1. The van der Waals surface area contributed by atoms with E-state index in [4.69, 9.17) is 0 Å². The zero-order chi connectivity index (χ0) is 12.1. The van der Waals surface area contributed by atoms with Crippen molar-refractivity contribution < 1.29 is 0 Å². The fraction of sp³-hybridized carbons (Fsp3) is 0.125. The van der Waals surface area contributed by atoms with Gasteiger partial charge >= 0.3 is 0 Å². The molecule has 2 aromatic rings. The second-order valence-corrected chi connectivity index (χ2v) is 5.24. The van der Waals surface area contributed by atoms with Crippen LogP contribution in [0.3, 0.4) is 0 Å². The third-order valence-electron chi connectivity index (χ3n) is 2.77. The van der Waals surface area contributed by atoms with Crippen molar-refractivity contribution in [1.82, 2.24) is 0 Å². The molecule has 17 heavy (non-hydrogen) atoms. The van der Waals surface area contributed by atoms with Gasteiger partial charge in [0.05, 0.1) is 0 Å². The van der Waals surface area contributed by atoms with E-state index >= 15 is 0 Å². The average molecular weight is 334 g/mol. The molecule has 0 aromatic heterocycles. The minimum Gasteiger partial charge on any atom is -0.0633 e. The maximum Gasteiger partial charge on any atom is 0.0168 e. The van der Waals surface area contributed by atoms with Gasteiger partial charge in [-0.2, -0.15) is 0 Å². The van der Waals surface area contributed by atoms with Gasteiger partial charge in [-0.3, -0.25) is 0 Å². The quantitative estimate of drug-likeness (QED) is 0.671. The molecule has 0 nitrogen and oxygen atoms in total. The van der Waals surface area contributed by atoms with E-state index < -0.39 is 0 Å². The highest BCUT2D eigenvalue weighted by Crippen LogP contribution is 2.27. The molecule has 0 spiro atoms. The molecular weight excluding hydrogens is 319 g/mol. The van der Waals surface area contributed by atoms with E-state index in [1.807, 2.05) is 6.07 Å². The minimum atomic E-state index is 0.448. The summed E-state index contributed by atoms with van der Waals surface area (Å²) in [5.74, 6) is 0.448. The van der Waals surface area contributed by atoms with Crippen LogP contribution < -0.4 is 0 Å². The molecule has 2 rings (SSSR count). The van der Waals surface area contributed by atoms with Gasteiger partial charge in [-0.05, 0) is 33.7 Å². The molecule has 0 aliphatic rings. The summed E-state index contributed by atoms with van der Waals surface area (Å²) < 4.78 is 1.31. The molecule has 0 N–H and O–H groups in total. The fourth-order valence-electron chi connectivity index (χ4n) is 1.77. The normalized spacial score (nSPS) is 13.4. The highest BCUT2D eigenvalue weighted by atomic mass is 127. The molecule has 0 bridgehead atoms. The van der Waals surface area contributed by atoms with Gasteiger partial charge in [0.1, 0.15) is 0 Å². The van der Waals surface area contributed by atoms with E-state index in [0.29, 0.717) is 5.92 Å². The predicted molar refractivity (Wildman–Crippen MR) is 83.3 cm³/mol. The molecule has 0 aliphatic heterocycles. The highest BCUT2D eigenvalue weighted by Gasteiger charge is 2.03. The summed E-state index contributed by atoms with van der Waals surface area (Å²) in [5.41, 5.74) is 2.65. The Hall–Kier alpha value is -1.09. The van der Waals surface area contributed by atoms with Crippen molar-refractivity contribution >= 4 is 26.2 Å². The van der Waals surface area contributed by atoms with Crippen LogP contribution in [0.4, 0.5) is 0 Å². The van der Waals surface area contributed by atoms with Gasteiger partial charge in [-0.15, -0.1) is 0 Å². The Labute approximate surface area is 117 Å². The molecule has 0 heterocycles. The van der Waals surface area contributed by atoms with Crippen LogP contribution in [0, 0.1) is 0 Å². The summed E-state index contributed by atoms with van der Waals surface area (Å²) in [7, 11) is 0. The first-order valence-corrected chi connectivity index (χ1v) is 6.83. The molecule has 0 saturated carbocycles. The topological polar surface area (TPSA) is 0 Å². The third-order valence-corrected chi connectivity index (χ3v) is 3.75. The van der Waals surface area contributed by atoms with Crippen LogP contribution in [0.25, 0.3) is 3.58 Å². The largest absolute Gasteiger partial charge is 0.0633 e. The summed E-state index contributed by atoms with van der Waals surface area (Å²) in [6.45, 7) is 2.23. The van der Waals surface area contributed by atoms with Crippen molar-refractivity contribution in [2.24, 2.45) is 0 Å². The molecule has 86 valence electrons. The van der Waals surface area contributed by atoms with Gasteiger partial charge in [0, 0.05) is 9.50 Å². The van der Waals surface area contributed by atoms with E-state index in [-0.39, 0.29) is 0 Å². The lowest BCUT2D eigenvalue weighted by molar-refractivity contribution is 0.972. The number of benzene rings is 2. The van der Waals surface area contributed by atoms with E-state index in [9.17, 15) is 0 Å². The summed E-state index contributed by atoms with van der Waals surface area (Å²) >= 11 is 2.41. The number of hydrogen-bond acceptors (Lipinski definition) is 0. The van der Waals surface area contributed by atoms with Gasteiger partial charge in [0.2, 0.25) is 0 Å². The molecular formula is C16H15I. The smallest absolute Gasteiger partial charge is 0.0168 e. The van der Waals surface area contributed by atoms with Crippen molar-refractivity contribution in [3.05, 3.63) is 77.9 Å². The monoisotopic (exact) mass is 334 g/mol. The van der Waals surface area contributed by atoms with Gasteiger partial charge in [-0.1, -0.05) is 73.7 Å². The van der Waals surface area contributed by atoms with Crippen LogP contribution in [0.1, 0.15) is 24.0 Å². The number of hydrogen-bond donors (Lipinski definition) is 0. The molecule has 1 atom stereocenters. The van der Waals surface area contributed by atoms with Crippen LogP contribution in [0.2, 0.25) is 0 Å². The number of rotatable bonds is 3. The van der Waals surface area contributed by atoms with Crippen LogP contribution in [0.15, 0.2) is 66.7 Å². The lowest BCUT2D eigenvalue weighted by atomic mass is 10.00. The summed E-state index contributed by atoms with van der Waals surface area (Å²) in [6.07, 6.45) is 2.31. The van der Waals surface area contributed by atoms with E-state index in [1.165, 1.54) is 14.7 Å². The van der Waals surface area contributed by atoms with Gasteiger partial charge in [0.15, 0.2) is 0 Å². The molecule has 0 amide bonds. The Morgan fingerprint density at radius 2 is 1.47 bits per heavy atom. The number of allylic oxidation sites excluding steroid dienone is 1. The van der Waals surface area contributed by atoms with Crippen molar-refractivity contribution in [2.45, 2.75) is 12.8 Å². The lowest BCUT2D eigenvalue weighted by Gasteiger charge is -2.08. The van der Waals surface area contributed by atoms with Crippen LogP contribution in [0.5, 0.6) is 0 Å². The highest BCUT2D eigenvalue weighted by molar-refractivity contribution is 14.1. The van der Waals surface area contributed by atoms with Crippen molar-refractivity contribution in [1.29, 1.82) is 0 Å². The summed E-state index contributed by atoms with van der Waals surface area (Å²) in [6, 6.07) is 21.1. The fourth-order valence-corrected chi connectivity index (χ4v) is 2.66. The molecule has 0 aliphatic carbocycles. The second kappa shape index (κ2) is 6.01. The minimum absolute atomic E-state index is 0.448. The standard InChI is InChI=1S/C16H15I/c1-13(14-8-4-2-5-9-14)12-16(17)15-10-6-3-7-11-15/h2-13H,1H3/b16-12+. The average Bonchev–Trinajstić information content (AvgIpc) is 2.40. The molecule has 0 radical (unpaired) electrons. The van der Waals surface area contributed by atoms with Crippen LogP contribution in [-0.4, -0.2) is 0 Å². The molecule has 0 saturated heterocycles. The van der Waals surface area contributed by atoms with Crippen LogP contribution >= 0.6 is 22.6 Å². The maximum atomic E-state index is 2.41. The zero-order valence-corrected chi connectivity index (χ0v) is 12.0. The van der Waals surface area contributed by atoms with Gasteiger partial charge in [0.25, 0.3) is 0 Å². The molecule has 1 unspecified atom stereocenters. The molecule has 0 fully saturated rings. The van der Waals surface area contributed by atoms with E-state index in [1.54, 1.807) is 0 Å². The zero-order valence-electron chi connectivity index (χ0n) is 9.81. The SMILES string of the molecule is CC(/C=C(/I)c1ccccc1)c1ccccc1. The Morgan fingerprint density at radius 3 is 2.06 bits per heavy atom. The van der Waals surface area contributed by atoms with Gasteiger partial charge in [-0.25, -0.2) is 0 Å². The first-order valence-electron chi connectivity index (χ1n) is 5.75.